The van der Waals surface area contributed by atoms with Gasteiger partial charge in [0.1, 0.15) is 0 Å². The van der Waals surface area contributed by atoms with Gasteiger partial charge >= 0.3 is 72.4 Å². The smallest absolute Gasteiger partial charge is 0.338 e. The molecular weight excluding hydrogens is 313 g/mol. The van der Waals surface area contributed by atoms with Crippen LogP contribution < -0.4 is 70.4 Å². The zero-order valence-electron chi connectivity index (χ0n) is 11.7. The average molecular weight is 326 g/mol. The van der Waals surface area contributed by atoms with Gasteiger partial charge < -0.3 is 19.3 Å². The molecule has 0 aliphatic carbocycles. The number of aromatic amines is 1. The molecule has 1 unspecified atom stereocenters. The van der Waals surface area contributed by atoms with E-state index in [0.717, 1.165) is 4.57 Å². The van der Waals surface area contributed by atoms with Crippen LogP contribution in [0.15, 0.2) is 15.8 Å². The summed E-state index contributed by atoms with van der Waals surface area (Å²) < 4.78 is 21.1. The Hall–Kier alpha value is 0.750. The summed E-state index contributed by atoms with van der Waals surface area (Å²) in [7, 11) is -3.19. The molecule has 1 atom stereocenters. The Kier molecular flexibility index (Phi) is 11.2. The van der Waals surface area contributed by atoms with Gasteiger partial charge in [-0.2, -0.15) is 0 Å². The Morgan fingerprint density at radius 3 is 2.40 bits per heavy atom. The van der Waals surface area contributed by atoms with E-state index in [0.29, 0.717) is 0 Å². The van der Waals surface area contributed by atoms with Crippen molar-refractivity contribution in [1.82, 2.24) is 9.55 Å². The Morgan fingerprint density at radius 2 is 1.95 bits per heavy atom. The first-order chi connectivity index (χ1) is 8.24. The summed E-state index contributed by atoms with van der Waals surface area (Å²) in [4.78, 5) is 42.0. The van der Waals surface area contributed by atoms with Crippen LogP contribution >= 0.6 is 7.60 Å². The van der Waals surface area contributed by atoms with Gasteiger partial charge in [-0.1, -0.05) is 0 Å². The minimum Gasteiger partial charge on any atom is -0.338 e. The molecule has 0 saturated heterocycles. The monoisotopic (exact) mass is 326 g/mol. The van der Waals surface area contributed by atoms with Crippen LogP contribution in [0.3, 0.4) is 0 Å². The van der Waals surface area contributed by atoms with Gasteiger partial charge in [0.25, 0.3) is 5.56 Å². The van der Waals surface area contributed by atoms with Crippen molar-refractivity contribution in [1.29, 1.82) is 0 Å². The third-order valence-electron chi connectivity index (χ3n) is 1.96. The van der Waals surface area contributed by atoms with Crippen molar-refractivity contribution in [3.8, 4) is 0 Å². The standard InChI is InChI=1S/C8H13N2O7P.2Na/c1-5-3-10(7(12)9-6(5)11)8(16-2)17-4-18(13,14)15;;/h3,8H,4H2,1-2H3,(H,9,11,12)(H2,13,14,15);;/q;2*+1. The Balaban J connectivity index is 0. The molecule has 0 saturated carbocycles. The van der Waals surface area contributed by atoms with Crippen molar-refractivity contribution in [2.45, 2.75) is 13.3 Å². The van der Waals surface area contributed by atoms with Crippen molar-refractivity contribution in [3.63, 3.8) is 0 Å². The van der Waals surface area contributed by atoms with Gasteiger partial charge in [-0.25, -0.2) is 9.36 Å². The van der Waals surface area contributed by atoms with E-state index in [1.54, 1.807) is 0 Å². The number of aryl methyl sites for hydroxylation is 1. The molecule has 0 fully saturated rings. The molecular formula is C8H13N2Na2O7P+2. The number of ether oxygens (including phenoxy) is 2. The number of nitrogens with one attached hydrogen (secondary N) is 1. The fraction of sp³-hybridized carbons (Fsp3) is 0.500. The predicted octanol–water partition coefficient (Wildman–Crippen LogP) is -6.89. The molecule has 0 amide bonds. The van der Waals surface area contributed by atoms with Crippen LogP contribution in [-0.4, -0.2) is 32.8 Å². The number of methoxy groups -OCH3 is 1. The molecule has 1 aromatic heterocycles. The van der Waals surface area contributed by atoms with Crippen LogP contribution in [0.5, 0.6) is 0 Å². The number of H-pyrrole nitrogens is 1. The van der Waals surface area contributed by atoms with Crippen molar-refractivity contribution in [2.24, 2.45) is 0 Å². The van der Waals surface area contributed by atoms with Crippen molar-refractivity contribution >= 4 is 7.60 Å². The maximum absolute atomic E-state index is 11.5. The Bertz CT molecular complexity index is 581. The van der Waals surface area contributed by atoms with E-state index < -0.39 is 31.6 Å². The first-order valence-corrected chi connectivity index (χ1v) is 6.55. The van der Waals surface area contributed by atoms with E-state index >= 15 is 0 Å². The fourth-order valence-electron chi connectivity index (χ4n) is 1.17. The molecule has 3 N–H and O–H groups in total. The fourth-order valence-corrected chi connectivity index (χ4v) is 1.49. The summed E-state index contributed by atoms with van der Waals surface area (Å²) in [6.45, 7) is 1.46. The maximum atomic E-state index is 11.5. The second kappa shape index (κ2) is 9.70. The molecule has 12 heteroatoms. The van der Waals surface area contributed by atoms with E-state index in [4.69, 9.17) is 19.3 Å². The van der Waals surface area contributed by atoms with Gasteiger partial charge in [0, 0.05) is 18.9 Å². The third kappa shape index (κ3) is 7.15. The van der Waals surface area contributed by atoms with E-state index in [9.17, 15) is 14.2 Å². The molecule has 20 heavy (non-hydrogen) atoms. The van der Waals surface area contributed by atoms with E-state index in [1.165, 1.54) is 20.2 Å². The Morgan fingerprint density at radius 1 is 1.40 bits per heavy atom. The molecule has 1 aromatic rings. The molecule has 0 aliphatic heterocycles. The zero-order valence-corrected chi connectivity index (χ0v) is 16.6. The normalized spacial score (nSPS) is 12.2. The van der Waals surface area contributed by atoms with Crippen LogP contribution in [0.4, 0.5) is 0 Å². The number of nitrogens with zero attached hydrogens (tertiary/aromatic N) is 1. The SMILES string of the molecule is COC(OCP(=O)(O)O)n1cc(C)c(=O)[nH]c1=O.[Na+].[Na+]. The molecule has 1 heterocycles. The number of aromatic nitrogens is 2. The Labute approximate surface area is 158 Å². The molecule has 0 radical (unpaired) electrons. The van der Waals surface area contributed by atoms with Crippen LogP contribution in [0.2, 0.25) is 0 Å². The van der Waals surface area contributed by atoms with Crippen molar-refractivity contribution < 1.29 is 82.9 Å². The second-order valence-electron chi connectivity index (χ2n) is 3.48. The van der Waals surface area contributed by atoms with Gasteiger partial charge in [-0.3, -0.25) is 14.3 Å². The maximum Gasteiger partial charge on any atom is 1.00 e. The summed E-state index contributed by atoms with van der Waals surface area (Å²) >= 11 is 0. The summed E-state index contributed by atoms with van der Waals surface area (Å²) in [5.74, 6) is 0. The third-order valence-corrected chi connectivity index (χ3v) is 2.45. The molecule has 0 bridgehead atoms. The molecule has 0 spiro atoms. The first kappa shape index (κ1) is 23.0. The van der Waals surface area contributed by atoms with E-state index in [-0.39, 0.29) is 64.7 Å². The van der Waals surface area contributed by atoms with Gasteiger partial charge in [-0.15, -0.1) is 0 Å². The summed E-state index contributed by atoms with van der Waals surface area (Å²) in [6, 6.07) is 0. The number of hydrogen-bond donors (Lipinski definition) is 3. The van der Waals surface area contributed by atoms with Crippen LogP contribution in [0.1, 0.15) is 12.0 Å². The minimum absolute atomic E-state index is 0. The van der Waals surface area contributed by atoms with Gasteiger partial charge in [0.05, 0.1) is 0 Å². The minimum atomic E-state index is -4.38. The van der Waals surface area contributed by atoms with Crippen molar-refractivity contribution in [2.75, 3.05) is 13.5 Å². The van der Waals surface area contributed by atoms with E-state index in [1.807, 2.05) is 4.98 Å². The molecule has 0 aromatic carbocycles. The first-order valence-electron chi connectivity index (χ1n) is 4.75. The van der Waals surface area contributed by atoms with Crippen LogP contribution in [0, 0.1) is 6.92 Å². The number of hydrogen-bond acceptors (Lipinski definition) is 5. The molecule has 9 nitrogen and oxygen atoms in total. The summed E-state index contributed by atoms with van der Waals surface area (Å²) in [6.07, 6.45) is -1.06. The molecule has 1 rings (SSSR count). The summed E-state index contributed by atoms with van der Waals surface area (Å²) in [5.41, 5.74) is -1.12. The predicted molar refractivity (Wildman–Crippen MR) is 60.1 cm³/mol. The largest absolute Gasteiger partial charge is 1.00 e. The topological polar surface area (TPSA) is 131 Å². The second-order valence-corrected chi connectivity index (χ2v) is 5.07. The molecule has 0 aliphatic rings. The van der Waals surface area contributed by atoms with Crippen LogP contribution in [-0.2, 0) is 14.0 Å². The van der Waals surface area contributed by atoms with Gasteiger partial charge in [0.15, 0.2) is 6.35 Å². The van der Waals surface area contributed by atoms with Gasteiger partial charge in [0.2, 0.25) is 6.41 Å². The van der Waals surface area contributed by atoms with Gasteiger partial charge in [-0.05, 0) is 6.92 Å². The van der Waals surface area contributed by atoms with Crippen LogP contribution in [0.25, 0.3) is 0 Å². The average Bonchev–Trinajstić information content (AvgIpc) is 2.24. The summed E-state index contributed by atoms with van der Waals surface area (Å²) in [5, 5.41) is 0. The zero-order chi connectivity index (χ0) is 13.9. The molecule has 102 valence electrons. The quantitative estimate of drug-likeness (QED) is 0.278. The number of rotatable bonds is 5. The van der Waals surface area contributed by atoms with Crippen molar-refractivity contribution in [3.05, 3.63) is 32.6 Å². The van der Waals surface area contributed by atoms with E-state index in [2.05, 4.69) is 0 Å².